The molecule has 1 fully saturated rings. The molecule has 1 aliphatic heterocycles. The highest BCUT2D eigenvalue weighted by Crippen LogP contribution is 2.29. The molecule has 4 aromatic heterocycles. The van der Waals surface area contributed by atoms with Gasteiger partial charge in [-0.15, -0.1) is 0 Å². The summed E-state index contributed by atoms with van der Waals surface area (Å²) in [6.07, 6.45) is 8.04. The summed E-state index contributed by atoms with van der Waals surface area (Å²) in [4.78, 5) is 32.2. The van der Waals surface area contributed by atoms with Crippen LogP contribution in [0.3, 0.4) is 0 Å². The Balaban J connectivity index is 1.29. The van der Waals surface area contributed by atoms with Crippen LogP contribution in [0.15, 0.2) is 55.0 Å². The van der Waals surface area contributed by atoms with Crippen LogP contribution in [-0.2, 0) is 13.0 Å². The monoisotopic (exact) mass is 512 g/mol. The normalized spacial score (nSPS) is 14.9. The number of hydrogen-bond donors (Lipinski definition) is 2. The Kier molecular flexibility index (Phi) is 6.55. The largest absolute Gasteiger partial charge is 0.349 e. The van der Waals surface area contributed by atoms with Crippen LogP contribution in [0.2, 0.25) is 0 Å². The molecule has 1 aliphatic rings. The number of amides is 1. The fourth-order valence-corrected chi connectivity index (χ4v) is 5.11. The molecule has 1 amide bonds. The molecular weight excluding hydrogens is 483 g/mol. The smallest absolute Gasteiger partial charge is 0.255 e. The number of hydrogen-bond acceptors (Lipinski definition) is 6. The summed E-state index contributed by atoms with van der Waals surface area (Å²) in [6, 6.07) is 10.3. The number of nitrogens with zero attached hydrogens (tertiary/aromatic N) is 6. The number of benzene rings is 1. The molecule has 1 aromatic carbocycles. The SMILES string of the molecule is CC(Cc1ccccn1)NC(=O)c1c[nH]c2ncc(-c3nn(CCN4CCCC4)c4cc(F)ccc34)nc12. The molecule has 38 heavy (non-hydrogen) atoms. The van der Waals surface area contributed by atoms with Crippen molar-refractivity contribution in [3.05, 3.63) is 72.1 Å². The first-order valence-electron chi connectivity index (χ1n) is 13.0. The molecule has 6 rings (SSSR count). The number of fused-ring (bicyclic) bond motifs is 2. The maximum atomic E-state index is 14.2. The number of aromatic amines is 1. The third-order valence-corrected chi connectivity index (χ3v) is 7.03. The third-order valence-electron chi connectivity index (χ3n) is 7.03. The molecular formula is C28H29FN8O. The van der Waals surface area contributed by atoms with Crippen LogP contribution in [0, 0.1) is 5.82 Å². The summed E-state index contributed by atoms with van der Waals surface area (Å²) in [5, 5.41) is 8.66. The summed E-state index contributed by atoms with van der Waals surface area (Å²) in [5.41, 5.74) is 4.16. The fraction of sp³-hybridized carbons (Fsp3) is 0.321. The maximum absolute atomic E-state index is 14.2. The van der Waals surface area contributed by atoms with Crippen LogP contribution >= 0.6 is 0 Å². The van der Waals surface area contributed by atoms with E-state index in [2.05, 4.69) is 25.2 Å². The number of likely N-dealkylation sites (tertiary alicyclic amines) is 1. The molecule has 5 heterocycles. The second-order valence-corrected chi connectivity index (χ2v) is 9.84. The molecule has 1 saturated heterocycles. The molecule has 0 saturated carbocycles. The van der Waals surface area contributed by atoms with E-state index in [0.717, 1.165) is 36.2 Å². The highest BCUT2D eigenvalue weighted by atomic mass is 19.1. The minimum Gasteiger partial charge on any atom is -0.349 e. The average molecular weight is 513 g/mol. The van der Waals surface area contributed by atoms with Crippen molar-refractivity contribution < 1.29 is 9.18 Å². The van der Waals surface area contributed by atoms with Crippen molar-refractivity contribution >= 4 is 28.0 Å². The van der Waals surface area contributed by atoms with Crippen molar-refractivity contribution in [3.8, 4) is 11.4 Å². The van der Waals surface area contributed by atoms with Gasteiger partial charge in [0.1, 0.15) is 22.7 Å². The van der Waals surface area contributed by atoms with Crippen molar-refractivity contribution in [2.45, 2.75) is 38.8 Å². The predicted octanol–water partition coefficient (Wildman–Crippen LogP) is 3.97. The zero-order valence-corrected chi connectivity index (χ0v) is 21.2. The van der Waals surface area contributed by atoms with Gasteiger partial charge in [-0.25, -0.2) is 14.4 Å². The fourth-order valence-electron chi connectivity index (χ4n) is 5.11. The van der Waals surface area contributed by atoms with E-state index in [9.17, 15) is 9.18 Å². The van der Waals surface area contributed by atoms with Gasteiger partial charge in [0, 0.05) is 42.5 Å². The number of H-pyrrole nitrogens is 1. The molecule has 10 heteroatoms. The molecule has 5 aromatic rings. The lowest BCUT2D eigenvalue weighted by Crippen LogP contribution is -2.34. The number of nitrogens with one attached hydrogen (secondary N) is 2. The van der Waals surface area contributed by atoms with E-state index < -0.39 is 0 Å². The number of carbonyl (C=O) groups excluding carboxylic acids is 1. The molecule has 0 aliphatic carbocycles. The Morgan fingerprint density at radius 1 is 1.16 bits per heavy atom. The van der Waals surface area contributed by atoms with Gasteiger partial charge in [0.05, 0.1) is 23.8 Å². The van der Waals surface area contributed by atoms with E-state index in [1.165, 1.54) is 25.0 Å². The van der Waals surface area contributed by atoms with Crippen molar-refractivity contribution in [1.82, 2.24) is 39.9 Å². The van der Waals surface area contributed by atoms with Crippen LogP contribution in [0.1, 0.15) is 35.8 Å². The van der Waals surface area contributed by atoms with Gasteiger partial charge in [-0.3, -0.25) is 14.5 Å². The predicted molar refractivity (Wildman–Crippen MR) is 143 cm³/mol. The van der Waals surface area contributed by atoms with Gasteiger partial charge < -0.3 is 15.2 Å². The summed E-state index contributed by atoms with van der Waals surface area (Å²) < 4.78 is 16.0. The lowest BCUT2D eigenvalue weighted by molar-refractivity contribution is 0.0941. The summed E-state index contributed by atoms with van der Waals surface area (Å²) in [5.74, 6) is -0.550. The quantitative estimate of drug-likeness (QED) is 0.326. The molecule has 9 nitrogen and oxygen atoms in total. The topological polar surface area (TPSA) is 105 Å². The van der Waals surface area contributed by atoms with Crippen LogP contribution < -0.4 is 5.32 Å². The summed E-state index contributed by atoms with van der Waals surface area (Å²) in [7, 11) is 0. The second-order valence-electron chi connectivity index (χ2n) is 9.84. The van der Waals surface area contributed by atoms with Gasteiger partial charge in [0.15, 0.2) is 5.65 Å². The molecule has 1 unspecified atom stereocenters. The number of carbonyl (C=O) groups is 1. The minimum absolute atomic E-state index is 0.122. The Morgan fingerprint density at radius 2 is 2.03 bits per heavy atom. The molecule has 0 bridgehead atoms. The highest BCUT2D eigenvalue weighted by Gasteiger charge is 2.20. The van der Waals surface area contributed by atoms with Crippen molar-refractivity contribution in [2.24, 2.45) is 0 Å². The van der Waals surface area contributed by atoms with Crippen LogP contribution in [0.5, 0.6) is 0 Å². The van der Waals surface area contributed by atoms with Crippen LogP contribution in [-0.4, -0.2) is 66.2 Å². The number of halogens is 1. The lowest BCUT2D eigenvalue weighted by Gasteiger charge is -2.14. The van der Waals surface area contributed by atoms with Crippen LogP contribution in [0.4, 0.5) is 4.39 Å². The van der Waals surface area contributed by atoms with Crippen molar-refractivity contribution in [2.75, 3.05) is 19.6 Å². The Bertz CT molecular complexity index is 1590. The Hall–Kier alpha value is -4.18. The van der Waals surface area contributed by atoms with E-state index in [-0.39, 0.29) is 17.8 Å². The summed E-state index contributed by atoms with van der Waals surface area (Å²) >= 11 is 0. The number of rotatable bonds is 8. The van der Waals surface area contributed by atoms with E-state index >= 15 is 0 Å². The van der Waals surface area contributed by atoms with E-state index in [1.807, 2.05) is 29.8 Å². The minimum atomic E-state index is -0.308. The van der Waals surface area contributed by atoms with E-state index in [4.69, 9.17) is 10.1 Å². The van der Waals surface area contributed by atoms with Gasteiger partial charge in [0.2, 0.25) is 0 Å². The zero-order chi connectivity index (χ0) is 26.1. The van der Waals surface area contributed by atoms with E-state index in [0.29, 0.717) is 41.1 Å². The van der Waals surface area contributed by atoms with Gasteiger partial charge >= 0.3 is 0 Å². The Morgan fingerprint density at radius 3 is 2.84 bits per heavy atom. The van der Waals surface area contributed by atoms with Crippen molar-refractivity contribution in [1.29, 1.82) is 0 Å². The van der Waals surface area contributed by atoms with Gasteiger partial charge in [-0.2, -0.15) is 5.10 Å². The van der Waals surface area contributed by atoms with Gasteiger partial charge in [0.25, 0.3) is 5.91 Å². The first-order valence-corrected chi connectivity index (χ1v) is 13.0. The highest BCUT2D eigenvalue weighted by molar-refractivity contribution is 6.05. The first-order chi connectivity index (χ1) is 18.5. The molecule has 2 N–H and O–H groups in total. The van der Waals surface area contributed by atoms with Gasteiger partial charge in [-0.05, 0) is 63.2 Å². The lowest BCUT2D eigenvalue weighted by atomic mass is 10.1. The van der Waals surface area contributed by atoms with Gasteiger partial charge in [-0.1, -0.05) is 6.07 Å². The standard InChI is InChI=1S/C28H29FN8O/c1-18(14-20-6-2-3-9-30-20)33-28(38)22-16-31-27-26(22)34-23(17-32-27)25-21-8-7-19(29)15-24(21)37(35-25)13-12-36-10-4-5-11-36/h2-3,6-9,15-18H,4-5,10-14H2,1H3,(H,31,32)(H,33,38). The Labute approximate surface area is 219 Å². The summed E-state index contributed by atoms with van der Waals surface area (Å²) in [6.45, 7) is 5.62. The molecule has 0 radical (unpaired) electrons. The number of aromatic nitrogens is 6. The van der Waals surface area contributed by atoms with Crippen molar-refractivity contribution in [3.63, 3.8) is 0 Å². The maximum Gasteiger partial charge on any atom is 0.255 e. The third kappa shape index (κ3) is 4.87. The second kappa shape index (κ2) is 10.3. The van der Waals surface area contributed by atoms with Crippen LogP contribution in [0.25, 0.3) is 33.5 Å². The molecule has 0 spiro atoms. The first kappa shape index (κ1) is 24.2. The average Bonchev–Trinajstić information content (AvgIpc) is 3.66. The van der Waals surface area contributed by atoms with E-state index in [1.54, 1.807) is 24.7 Å². The number of pyridine rings is 1. The molecule has 1 atom stereocenters. The zero-order valence-electron chi connectivity index (χ0n) is 21.2. The molecule has 194 valence electrons.